The van der Waals surface area contributed by atoms with Crippen molar-refractivity contribution in [2.75, 3.05) is 26.2 Å². The van der Waals surface area contributed by atoms with Crippen LogP contribution in [-0.4, -0.2) is 87.1 Å². The van der Waals surface area contributed by atoms with Gasteiger partial charge in [0.2, 0.25) is 0 Å². The third-order valence-electron chi connectivity index (χ3n) is 15.7. The number of nitrogens with one attached hydrogen (secondary N) is 4. The van der Waals surface area contributed by atoms with E-state index >= 15 is 0 Å². The summed E-state index contributed by atoms with van der Waals surface area (Å²) in [5, 5.41) is 6.29. The van der Waals surface area contributed by atoms with Crippen molar-refractivity contribution in [2.24, 2.45) is 0 Å². The first-order valence-corrected chi connectivity index (χ1v) is 26.0. The van der Waals surface area contributed by atoms with Crippen LogP contribution in [-0.2, 0) is 12.8 Å². The van der Waals surface area contributed by atoms with Crippen molar-refractivity contribution in [3.8, 4) is 0 Å². The van der Waals surface area contributed by atoms with Gasteiger partial charge in [-0.05, 0) is 147 Å². The van der Waals surface area contributed by atoms with E-state index in [1.807, 2.05) is 36.4 Å². The Kier molecular flexibility index (Phi) is 14.2. The van der Waals surface area contributed by atoms with Gasteiger partial charge in [-0.3, -0.25) is 29.1 Å². The molecule has 0 unspecified atom stereocenters. The first kappa shape index (κ1) is 50.0. The van der Waals surface area contributed by atoms with Gasteiger partial charge in [0.15, 0.2) is 34.6 Å². The van der Waals surface area contributed by atoms with Crippen molar-refractivity contribution in [1.29, 1.82) is 0 Å². The van der Waals surface area contributed by atoms with Crippen LogP contribution < -0.4 is 22.0 Å². The van der Waals surface area contributed by atoms with Gasteiger partial charge >= 0.3 is 23.4 Å². The standard InChI is InChI=1S/2C28H28F2N6O2/c2*29-21-6-1-5-20(24(21)30)17-8-9-22(25-18(16-17)4-2-12-31-25)33-27(37)35-14-10-19(11-15-35)36-23-7-3-13-32-26(23)34-28(36)38/h2*1-7,12-13,17,19,22H,8-11,14-16H2,(H,33,37)(H,32,34,38)/t17-,22+;17-,22-/m01/s1. The van der Waals surface area contributed by atoms with Gasteiger partial charge < -0.3 is 20.4 Å². The molecule has 6 aromatic heterocycles. The number of hydrogen-bond donors (Lipinski definition) is 4. The molecule has 0 bridgehead atoms. The molecule has 2 fully saturated rings. The summed E-state index contributed by atoms with van der Waals surface area (Å²) in [4.78, 5) is 78.5. The topological polar surface area (TPSA) is 192 Å². The molecule has 392 valence electrons. The van der Waals surface area contributed by atoms with Crippen LogP contribution in [0.25, 0.3) is 22.3 Å². The molecule has 0 spiro atoms. The van der Waals surface area contributed by atoms with Crippen LogP contribution in [0.2, 0.25) is 0 Å². The second-order valence-corrected chi connectivity index (χ2v) is 20.1. The molecule has 4 atom stereocenters. The van der Waals surface area contributed by atoms with Crippen molar-refractivity contribution in [3.05, 3.63) is 188 Å². The van der Waals surface area contributed by atoms with E-state index in [9.17, 15) is 36.7 Å². The molecule has 8 heterocycles. The Morgan fingerprint density at radius 3 is 1.30 bits per heavy atom. The van der Waals surface area contributed by atoms with Crippen LogP contribution in [0.3, 0.4) is 0 Å². The van der Waals surface area contributed by atoms with Crippen molar-refractivity contribution < 1.29 is 27.2 Å². The molecule has 4 N–H and O–H groups in total. The average molecular weight is 1040 g/mol. The molecule has 4 amide bonds. The number of rotatable bonds is 6. The number of pyridine rings is 4. The van der Waals surface area contributed by atoms with E-state index in [0.29, 0.717) is 113 Å². The Morgan fingerprint density at radius 1 is 0.487 bits per heavy atom. The summed E-state index contributed by atoms with van der Waals surface area (Å²) >= 11 is 0. The second kappa shape index (κ2) is 21.6. The third kappa shape index (κ3) is 10.1. The molecule has 76 heavy (non-hydrogen) atoms. The maximum atomic E-state index is 14.6. The largest absolute Gasteiger partial charge is 0.330 e. The molecule has 2 aliphatic carbocycles. The molecule has 2 aliphatic heterocycles. The van der Waals surface area contributed by atoms with Crippen molar-refractivity contribution in [1.82, 2.24) is 59.5 Å². The molecule has 4 aliphatic rings. The minimum Gasteiger partial charge on any atom is -0.330 e. The minimum absolute atomic E-state index is 0.0216. The number of carbonyl (C=O) groups is 2. The number of benzene rings is 2. The number of halogens is 4. The molecule has 16 nitrogen and oxygen atoms in total. The number of fused-ring (bicyclic) bond motifs is 4. The van der Waals surface area contributed by atoms with Gasteiger partial charge in [-0.15, -0.1) is 0 Å². The molecule has 12 rings (SSSR count). The SMILES string of the molecule is O=C(N[C@@H]1CC[C@@H](c2cccc(F)c2F)Cc2cccnc21)N1CCC(n2c(=O)[nH]c3ncccc32)CC1.O=C(N[C@@H]1CC[C@H](c2cccc(F)c2F)Cc2cccnc21)N1CCC(n2c(=O)[nH]c3ncccc32)CC1. The first-order chi connectivity index (χ1) is 37.0. The van der Waals surface area contributed by atoms with E-state index in [0.717, 1.165) is 45.7 Å². The molecule has 2 aromatic carbocycles. The fourth-order valence-electron chi connectivity index (χ4n) is 11.9. The molecule has 0 saturated carbocycles. The number of nitrogens with zero attached hydrogens (tertiary/aromatic N) is 8. The highest BCUT2D eigenvalue weighted by Gasteiger charge is 2.34. The summed E-state index contributed by atoms with van der Waals surface area (Å²) in [5.41, 5.74) is 6.40. The molecular weight excluding hydrogens is 981 g/mol. The summed E-state index contributed by atoms with van der Waals surface area (Å²) in [6.45, 7) is 2.03. The van der Waals surface area contributed by atoms with E-state index in [4.69, 9.17) is 0 Å². The number of aromatic nitrogens is 8. The Labute approximate surface area is 433 Å². The lowest BCUT2D eigenvalue weighted by atomic mass is 9.90. The zero-order valence-corrected chi connectivity index (χ0v) is 41.5. The van der Waals surface area contributed by atoms with E-state index in [1.54, 1.807) is 68.0 Å². The van der Waals surface area contributed by atoms with Crippen LogP contribution in [0.5, 0.6) is 0 Å². The first-order valence-electron chi connectivity index (χ1n) is 26.0. The lowest BCUT2D eigenvalue weighted by Crippen LogP contribution is -2.46. The third-order valence-corrected chi connectivity index (χ3v) is 15.7. The van der Waals surface area contributed by atoms with Gasteiger partial charge in [0.05, 0.1) is 34.5 Å². The number of piperidine rings is 2. The summed E-state index contributed by atoms with van der Waals surface area (Å²) < 4.78 is 60.5. The van der Waals surface area contributed by atoms with Crippen molar-refractivity contribution >= 4 is 34.4 Å². The number of hydrogen-bond acceptors (Lipinski definition) is 8. The minimum atomic E-state index is -0.849. The quantitative estimate of drug-likeness (QED) is 0.0936. The molecule has 8 aromatic rings. The van der Waals surface area contributed by atoms with Crippen LogP contribution in [0.4, 0.5) is 27.2 Å². The predicted molar refractivity (Wildman–Crippen MR) is 275 cm³/mol. The van der Waals surface area contributed by atoms with Gasteiger partial charge in [0.25, 0.3) is 0 Å². The summed E-state index contributed by atoms with van der Waals surface area (Å²) in [5.74, 6) is -3.74. The van der Waals surface area contributed by atoms with Gasteiger partial charge in [-0.25, -0.2) is 46.7 Å². The van der Waals surface area contributed by atoms with Gasteiger partial charge in [-0.1, -0.05) is 36.4 Å². The van der Waals surface area contributed by atoms with Crippen molar-refractivity contribution in [3.63, 3.8) is 0 Å². The van der Waals surface area contributed by atoms with Gasteiger partial charge in [-0.2, -0.15) is 0 Å². The number of carbonyl (C=O) groups excluding carboxylic acids is 2. The van der Waals surface area contributed by atoms with Crippen LogP contribution in [0, 0.1) is 23.3 Å². The zero-order valence-electron chi connectivity index (χ0n) is 41.5. The fraction of sp³-hybridized carbons (Fsp3) is 0.357. The fourth-order valence-corrected chi connectivity index (χ4v) is 11.9. The summed E-state index contributed by atoms with van der Waals surface area (Å²) in [6, 6.07) is 22.4. The normalized spacial score (nSPS) is 20.2. The average Bonchev–Trinajstić information content (AvgIpc) is 3.83. The lowest BCUT2D eigenvalue weighted by Gasteiger charge is -2.33. The Balaban J connectivity index is 0.000000162. The van der Waals surface area contributed by atoms with E-state index in [2.05, 4.69) is 40.5 Å². The number of urea groups is 2. The van der Waals surface area contributed by atoms with E-state index < -0.39 is 23.3 Å². The monoisotopic (exact) mass is 1040 g/mol. The van der Waals surface area contributed by atoms with Gasteiger partial charge in [0, 0.05) is 63.1 Å². The Hall–Kier alpha value is -8.16. The van der Waals surface area contributed by atoms with Crippen LogP contribution >= 0.6 is 0 Å². The van der Waals surface area contributed by atoms with E-state index in [-0.39, 0.29) is 59.4 Å². The predicted octanol–water partition coefficient (Wildman–Crippen LogP) is 9.21. The Morgan fingerprint density at radius 2 is 0.882 bits per heavy atom. The van der Waals surface area contributed by atoms with Crippen LogP contribution in [0.1, 0.15) is 121 Å². The molecule has 2 saturated heterocycles. The number of amides is 4. The van der Waals surface area contributed by atoms with Gasteiger partial charge in [0.1, 0.15) is 0 Å². The number of aromatic amines is 2. The molecular formula is C56H56F4N12O4. The highest BCUT2D eigenvalue weighted by atomic mass is 19.2. The summed E-state index contributed by atoms with van der Waals surface area (Å²) in [7, 11) is 0. The maximum absolute atomic E-state index is 14.6. The second-order valence-electron chi connectivity index (χ2n) is 20.1. The highest BCUT2D eigenvalue weighted by Crippen LogP contribution is 2.39. The molecule has 0 radical (unpaired) electrons. The number of H-pyrrole nitrogens is 2. The summed E-state index contributed by atoms with van der Waals surface area (Å²) in [6.07, 6.45) is 12.6. The van der Waals surface area contributed by atoms with Crippen LogP contribution in [0.15, 0.2) is 119 Å². The number of likely N-dealkylation sites (tertiary alicyclic amines) is 2. The lowest BCUT2D eigenvalue weighted by molar-refractivity contribution is 0.167. The van der Waals surface area contributed by atoms with Crippen molar-refractivity contribution in [2.45, 2.75) is 100 Å². The maximum Gasteiger partial charge on any atom is 0.327 e. The van der Waals surface area contributed by atoms with E-state index in [1.165, 1.54) is 12.1 Å². The Bertz CT molecular complexity index is 3310. The molecule has 20 heteroatoms. The number of imidazole rings is 2. The highest BCUT2D eigenvalue weighted by molar-refractivity contribution is 5.76. The zero-order chi connectivity index (χ0) is 52.5. The smallest absolute Gasteiger partial charge is 0.327 e.